The van der Waals surface area contributed by atoms with Crippen molar-refractivity contribution in [1.82, 2.24) is 9.80 Å². The smallest absolute Gasteiger partial charge is 0.170 e. The van der Waals surface area contributed by atoms with Crippen molar-refractivity contribution in [3.05, 3.63) is 51.7 Å². The number of thiophene rings is 1. The van der Waals surface area contributed by atoms with E-state index in [1.54, 1.807) is 0 Å². The molecule has 0 saturated carbocycles. The summed E-state index contributed by atoms with van der Waals surface area (Å²) in [5, 5.41) is 2.25. The first-order valence-corrected chi connectivity index (χ1v) is 9.66. The summed E-state index contributed by atoms with van der Waals surface area (Å²) in [5.41, 5.74) is 1.77. The Bertz CT molecular complexity index is 786. The van der Waals surface area contributed by atoms with Crippen LogP contribution >= 0.6 is 11.3 Å². The van der Waals surface area contributed by atoms with Gasteiger partial charge in [0.2, 0.25) is 0 Å². The number of ketones is 1. The van der Waals surface area contributed by atoms with Gasteiger partial charge in [-0.1, -0.05) is 12.1 Å². The van der Waals surface area contributed by atoms with Gasteiger partial charge in [0.05, 0.1) is 12.0 Å². The summed E-state index contributed by atoms with van der Waals surface area (Å²) in [5.74, 6) is 0.970. The number of likely N-dealkylation sites (tertiary alicyclic amines) is 1. The standard InChI is InChI=1S/C20H24N2O2S/c1-21(2)11-15-9-16(25-13-15)12-22-8-7-20(14-22)10-18(23)17-5-3-4-6-19(17)24-20/h3-6,9,13H,7-8,10-12,14H2,1-2H3. The summed E-state index contributed by atoms with van der Waals surface area (Å²) in [4.78, 5) is 18.5. The molecule has 0 radical (unpaired) electrons. The minimum atomic E-state index is -0.338. The maximum Gasteiger partial charge on any atom is 0.170 e. The van der Waals surface area contributed by atoms with Crippen molar-refractivity contribution in [2.45, 2.75) is 31.5 Å². The molecule has 5 heteroatoms. The van der Waals surface area contributed by atoms with Gasteiger partial charge in [-0.05, 0) is 43.2 Å². The molecule has 1 aromatic carbocycles. The zero-order valence-electron chi connectivity index (χ0n) is 14.8. The Labute approximate surface area is 153 Å². The number of hydrogen-bond acceptors (Lipinski definition) is 5. The Kier molecular flexibility index (Phi) is 4.40. The molecule has 0 aliphatic carbocycles. The van der Waals surface area contributed by atoms with Crippen LogP contribution in [0.1, 0.15) is 33.6 Å². The predicted octanol–water partition coefficient (Wildman–Crippen LogP) is 3.42. The highest BCUT2D eigenvalue weighted by Crippen LogP contribution is 2.39. The zero-order valence-corrected chi connectivity index (χ0v) is 15.6. The lowest BCUT2D eigenvalue weighted by Crippen LogP contribution is -2.44. The van der Waals surface area contributed by atoms with Crippen molar-refractivity contribution in [3.8, 4) is 5.75 Å². The maximum atomic E-state index is 12.5. The summed E-state index contributed by atoms with van der Waals surface area (Å²) >= 11 is 1.83. The van der Waals surface area contributed by atoms with Gasteiger partial charge in [0.15, 0.2) is 5.78 Å². The third kappa shape index (κ3) is 3.50. The van der Waals surface area contributed by atoms with Crippen molar-refractivity contribution in [2.24, 2.45) is 0 Å². The fraction of sp³-hybridized carbons (Fsp3) is 0.450. The van der Waals surface area contributed by atoms with E-state index in [0.29, 0.717) is 6.42 Å². The van der Waals surface area contributed by atoms with Crippen molar-refractivity contribution < 1.29 is 9.53 Å². The number of benzene rings is 1. The van der Waals surface area contributed by atoms with Gasteiger partial charge in [-0.15, -0.1) is 11.3 Å². The van der Waals surface area contributed by atoms with E-state index in [4.69, 9.17) is 4.74 Å². The van der Waals surface area contributed by atoms with Crippen LogP contribution in [0.5, 0.6) is 5.75 Å². The molecule has 2 aliphatic rings. The lowest BCUT2D eigenvalue weighted by Gasteiger charge is -2.34. The number of ether oxygens (including phenoxy) is 1. The molecule has 132 valence electrons. The van der Waals surface area contributed by atoms with E-state index in [9.17, 15) is 4.79 Å². The molecular formula is C20H24N2O2S. The Morgan fingerprint density at radius 3 is 3.00 bits per heavy atom. The maximum absolute atomic E-state index is 12.5. The van der Waals surface area contributed by atoms with Crippen LogP contribution in [0.3, 0.4) is 0 Å². The highest BCUT2D eigenvalue weighted by Gasteiger charge is 2.45. The zero-order chi connectivity index (χ0) is 17.4. The number of Topliss-reactive ketones (excluding diaryl/α,β-unsaturated/α-hetero) is 1. The fourth-order valence-electron chi connectivity index (χ4n) is 3.91. The van der Waals surface area contributed by atoms with Crippen LogP contribution in [-0.2, 0) is 13.1 Å². The van der Waals surface area contributed by atoms with Crippen LogP contribution in [0.25, 0.3) is 0 Å². The molecule has 1 saturated heterocycles. The number of para-hydroxylation sites is 1. The Morgan fingerprint density at radius 1 is 1.32 bits per heavy atom. The van der Waals surface area contributed by atoms with Gasteiger partial charge in [-0.3, -0.25) is 9.69 Å². The summed E-state index contributed by atoms with van der Waals surface area (Å²) in [6, 6.07) is 9.94. The Morgan fingerprint density at radius 2 is 2.16 bits per heavy atom. The number of hydrogen-bond donors (Lipinski definition) is 0. The van der Waals surface area contributed by atoms with Gasteiger partial charge in [-0.25, -0.2) is 0 Å². The minimum absolute atomic E-state index is 0.216. The number of fused-ring (bicyclic) bond motifs is 1. The van der Waals surface area contributed by atoms with Gasteiger partial charge in [0, 0.05) is 37.5 Å². The number of carbonyl (C=O) groups excluding carboxylic acids is 1. The predicted molar refractivity (Wildman–Crippen MR) is 100 cm³/mol. The molecule has 4 nitrogen and oxygen atoms in total. The second-order valence-electron chi connectivity index (χ2n) is 7.50. The van der Waals surface area contributed by atoms with Gasteiger partial charge in [0.25, 0.3) is 0 Å². The normalized spacial score (nSPS) is 23.2. The molecule has 0 amide bonds. The molecule has 3 heterocycles. The number of carbonyl (C=O) groups is 1. The quantitative estimate of drug-likeness (QED) is 0.840. The van der Waals surface area contributed by atoms with Crippen LogP contribution in [-0.4, -0.2) is 48.4 Å². The van der Waals surface area contributed by atoms with Crippen LogP contribution in [0.2, 0.25) is 0 Å². The van der Waals surface area contributed by atoms with E-state index in [1.807, 2.05) is 35.6 Å². The SMILES string of the molecule is CN(C)Cc1csc(CN2CCC3(CC(=O)c4ccccc4O3)C2)c1. The van der Waals surface area contributed by atoms with Gasteiger partial charge < -0.3 is 9.64 Å². The van der Waals surface area contributed by atoms with E-state index in [0.717, 1.165) is 43.9 Å². The summed E-state index contributed by atoms with van der Waals surface area (Å²) < 4.78 is 6.31. The van der Waals surface area contributed by atoms with Crippen LogP contribution in [0.15, 0.2) is 35.7 Å². The average molecular weight is 356 g/mol. The molecule has 1 atom stereocenters. The number of rotatable bonds is 4. The second kappa shape index (κ2) is 6.56. The Hall–Kier alpha value is -1.69. The summed E-state index contributed by atoms with van der Waals surface area (Å²) in [6.45, 7) is 3.73. The van der Waals surface area contributed by atoms with E-state index in [-0.39, 0.29) is 11.4 Å². The van der Waals surface area contributed by atoms with E-state index >= 15 is 0 Å². The van der Waals surface area contributed by atoms with Crippen molar-refractivity contribution in [2.75, 3.05) is 27.2 Å². The first-order chi connectivity index (χ1) is 12.0. The van der Waals surface area contributed by atoms with Crippen LogP contribution < -0.4 is 4.74 Å². The lowest BCUT2D eigenvalue weighted by atomic mass is 9.89. The third-order valence-corrected chi connectivity index (χ3v) is 5.95. The number of nitrogens with zero attached hydrogens (tertiary/aromatic N) is 2. The van der Waals surface area contributed by atoms with Gasteiger partial charge >= 0.3 is 0 Å². The highest BCUT2D eigenvalue weighted by atomic mass is 32.1. The molecule has 0 N–H and O–H groups in total. The van der Waals surface area contributed by atoms with E-state index in [2.05, 4.69) is 35.3 Å². The molecule has 1 spiro atoms. The molecular weight excluding hydrogens is 332 g/mol. The monoisotopic (exact) mass is 356 g/mol. The topological polar surface area (TPSA) is 32.8 Å². The summed E-state index contributed by atoms with van der Waals surface area (Å²) in [6.07, 6.45) is 1.42. The summed E-state index contributed by atoms with van der Waals surface area (Å²) in [7, 11) is 4.19. The van der Waals surface area contributed by atoms with Gasteiger partial charge in [0.1, 0.15) is 11.4 Å². The molecule has 25 heavy (non-hydrogen) atoms. The highest BCUT2D eigenvalue weighted by molar-refractivity contribution is 7.10. The van der Waals surface area contributed by atoms with Crippen LogP contribution in [0, 0.1) is 0 Å². The fourth-order valence-corrected chi connectivity index (χ4v) is 4.83. The molecule has 1 fully saturated rings. The molecule has 1 unspecified atom stereocenters. The molecule has 2 aromatic rings. The Balaban J connectivity index is 1.43. The van der Waals surface area contributed by atoms with E-state index in [1.165, 1.54) is 10.4 Å². The molecule has 4 rings (SSSR count). The average Bonchev–Trinajstić information content (AvgIpc) is 3.14. The largest absolute Gasteiger partial charge is 0.485 e. The molecule has 0 bridgehead atoms. The third-order valence-electron chi connectivity index (χ3n) is 4.98. The minimum Gasteiger partial charge on any atom is -0.485 e. The van der Waals surface area contributed by atoms with Crippen molar-refractivity contribution in [1.29, 1.82) is 0 Å². The van der Waals surface area contributed by atoms with Gasteiger partial charge in [-0.2, -0.15) is 0 Å². The molecule has 2 aliphatic heterocycles. The van der Waals surface area contributed by atoms with E-state index < -0.39 is 0 Å². The first-order valence-electron chi connectivity index (χ1n) is 8.78. The van der Waals surface area contributed by atoms with Crippen molar-refractivity contribution >= 4 is 17.1 Å². The first kappa shape index (κ1) is 16.8. The van der Waals surface area contributed by atoms with Crippen LogP contribution in [0.4, 0.5) is 0 Å². The molecule has 1 aromatic heterocycles. The van der Waals surface area contributed by atoms with Crippen molar-refractivity contribution in [3.63, 3.8) is 0 Å². The second-order valence-corrected chi connectivity index (χ2v) is 8.50. The lowest BCUT2D eigenvalue weighted by molar-refractivity contribution is 0.0456.